The van der Waals surface area contributed by atoms with Gasteiger partial charge in [0.05, 0.1) is 0 Å². The summed E-state index contributed by atoms with van der Waals surface area (Å²) in [7, 11) is -2.22. The molecule has 2 aliphatic carbocycles. The lowest BCUT2D eigenvalue weighted by Crippen LogP contribution is -2.37. The molecule has 1 heterocycles. The highest BCUT2D eigenvalue weighted by Crippen LogP contribution is 2.65. The van der Waals surface area contributed by atoms with Crippen LogP contribution in [0.25, 0.3) is 0 Å². The van der Waals surface area contributed by atoms with Crippen molar-refractivity contribution in [3.8, 4) is 0 Å². The molecule has 0 atom stereocenters. The molecule has 1 aromatic rings. The second-order valence-corrected chi connectivity index (χ2v) is 11.1. The summed E-state index contributed by atoms with van der Waals surface area (Å²) in [5.41, 5.74) is 0.847. The number of nitrogens with zero attached hydrogens (tertiary/aromatic N) is 1. The first-order valence-electron chi connectivity index (χ1n) is 8.00. The fourth-order valence-corrected chi connectivity index (χ4v) is 5.34. The largest absolute Gasteiger partial charge is 0.369 e. The van der Waals surface area contributed by atoms with Crippen LogP contribution in [0.3, 0.4) is 0 Å². The summed E-state index contributed by atoms with van der Waals surface area (Å²) in [6, 6.07) is 3.83. The number of hydrogen-bond acceptors (Lipinski definition) is 3. The zero-order valence-electron chi connectivity index (χ0n) is 13.6. The number of hydrogen-bond donors (Lipinski definition) is 1. The lowest BCUT2D eigenvalue weighted by atomic mass is 9.69. The third-order valence-electron chi connectivity index (χ3n) is 6.30. The lowest BCUT2D eigenvalue weighted by Gasteiger charge is -2.38. The third-order valence-corrected chi connectivity index (χ3v) is 7.83. The minimum atomic E-state index is -2.22. The molecule has 0 radical (unpaired) electrons. The van der Waals surface area contributed by atoms with Crippen molar-refractivity contribution in [3.63, 3.8) is 0 Å². The summed E-state index contributed by atoms with van der Waals surface area (Å²) < 4.78 is 12.2. The van der Waals surface area contributed by atoms with E-state index in [1.165, 1.54) is 25.7 Å². The smallest absolute Gasteiger partial charge is 0.126 e. The van der Waals surface area contributed by atoms with Crippen LogP contribution in [-0.4, -0.2) is 24.9 Å². The molecule has 3 rings (SSSR count). The summed E-state index contributed by atoms with van der Waals surface area (Å²) >= 11 is 0. The Kier molecular flexibility index (Phi) is 3.48. The summed E-state index contributed by atoms with van der Waals surface area (Å²) in [6.45, 7) is 9.49. The molecule has 0 spiro atoms. The van der Waals surface area contributed by atoms with Crippen molar-refractivity contribution in [3.05, 3.63) is 18.3 Å². The summed E-state index contributed by atoms with van der Waals surface area (Å²) in [6.07, 6.45) is 7.18. The van der Waals surface area contributed by atoms with Crippen LogP contribution in [0.5, 0.6) is 0 Å². The number of fused-ring (bicyclic) bond motifs is 2. The average molecular weight is 306 g/mol. The standard InChI is InChI=1S/C17H27N2OP/c1-16(2)13-5-8-17(16,9-6-13)12-19-15-11-14(7-10-18-15)21(3,4)20/h7,10-11,13H,5-6,8-9,12H2,1-4H3,(H,18,19). The van der Waals surface area contributed by atoms with Crippen molar-refractivity contribution in [2.45, 2.75) is 39.5 Å². The van der Waals surface area contributed by atoms with Crippen molar-refractivity contribution in [2.24, 2.45) is 16.7 Å². The molecule has 0 saturated heterocycles. The number of anilines is 1. The number of rotatable bonds is 4. The van der Waals surface area contributed by atoms with Gasteiger partial charge < -0.3 is 9.88 Å². The van der Waals surface area contributed by atoms with Crippen LogP contribution >= 0.6 is 7.14 Å². The van der Waals surface area contributed by atoms with E-state index in [-0.39, 0.29) is 0 Å². The average Bonchev–Trinajstić information content (AvgIpc) is 2.82. The summed E-state index contributed by atoms with van der Waals surface area (Å²) in [5.74, 6) is 1.77. The van der Waals surface area contributed by atoms with E-state index in [1.54, 1.807) is 6.20 Å². The van der Waals surface area contributed by atoms with E-state index in [2.05, 4.69) is 24.1 Å². The summed E-state index contributed by atoms with van der Waals surface area (Å²) in [4.78, 5) is 4.41. The Labute approximate surface area is 128 Å². The van der Waals surface area contributed by atoms with Gasteiger partial charge in [-0.1, -0.05) is 13.8 Å². The highest BCUT2D eigenvalue weighted by molar-refractivity contribution is 7.70. The van der Waals surface area contributed by atoms with Gasteiger partial charge in [-0.25, -0.2) is 4.98 Å². The molecule has 2 bridgehead atoms. The fourth-order valence-electron chi connectivity index (χ4n) is 4.48. The van der Waals surface area contributed by atoms with E-state index in [4.69, 9.17) is 0 Å². The maximum Gasteiger partial charge on any atom is 0.126 e. The van der Waals surface area contributed by atoms with Gasteiger partial charge in [-0.05, 0) is 67.9 Å². The van der Waals surface area contributed by atoms with E-state index in [0.29, 0.717) is 10.8 Å². The van der Waals surface area contributed by atoms with E-state index in [1.807, 2.05) is 25.5 Å². The van der Waals surface area contributed by atoms with Gasteiger partial charge in [0.1, 0.15) is 13.0 Å². The number of aromatic nitrogens is 1. The first-order valence-corrected chi connectivity index (χ1v) is 10.6. The van der Waals surface area contributed by atoms with Crippen molar-refractivity contribution >= 4 is 18.3 Å². The van der Waals surface area contributed by atoms with Gasteiger partial charge in [0.2, 0.25) is 0 Å². The molecule has 21 heavy (non-hydrogen) atoms. The van der Waals surface area contributed by atoms with Gasteiger partial charge >= 0.3 is 0 Å². The molecule has 0 aromatic carbocycles. The highest BCUT2D eigenvalue weighted by Gasteiger charge is 2.58. The molecule has 2 aliphatic rings. The molecule has 1 aromatic heterocycles. The van der Waals surface area contributed by atoms with Gasteiger partial charge in [-0.2, -0.15) is 0 Å². The molecule has 2 saturated carbocycles. The van der Waals surface area contributed by atoms with Crippen LogP contribution in [0, 0.1) is 16.7 Å². The van der Waals surface area contributed by atoms with E-state index in [0.717, 1.165) is 23.6 Å². The van der Waals surface area contributed by atoms with Crippen LogP contribution in [-0.2, 0) is 4.57 Å². The van der Waals surface area contributed by atoms with Crippen LogP contribution in [0.2, 0.25) is 0 Å². The van der Waals surface area contributed by atoms with Gasteiger partial charge in [-0.15, -0.1) is 0 Å². The van der Waals surface area contributed by atoms with Gasteiger partial charge in [-0.3, -0.25) is 0 Å². The van der Waals surface area contributed by atoms with Crippen LogP contribution in [0.1, 0.15) is 39.5 Å². The molecule has 2 fully saturated rings. The summed E-state index contributed by atoms with van der Waals surface area (Å²) in [5, 5.41) is 4.45. The Morgan fingerprint density at radius 2 is 2.00 bits per heavy atom. The van der Waals surface area contributed by atoms with Crippen LogP contribution < -0.4 is 10.6 Å². The van der Waals surface area contributed by atoms with Gasteiger partial charge in [0, 0.05) is 18.0 Å². The Bertz CT molecular complexity index is 582. The third kappa shape index (κ3) is 2.44. The molecular weight excluding hydrogens is 279 g/mol. The monoisotopic (exact) mass is 306 g/mol. The normalized spacial score (nSPS) is 30.6. The maximum atomic E-state index is 12.2. The molecule has 116 valence electrons. The lowest BCUT2D eigenvalue weighted by molar-refractivity contribution is 0.144. The second kappa shape index (κ2) is 4.84. The van der Waals surface area contributed by atoms with Crippen molar-refractivity contribution in [1.82, 2.24) is 4.98 Å². The minimum Gasteiger partial charge on any atom is -0.369 e. The molecule has 0 amide bonds. The molecular formula is C17H27N2OP. The Morgan fingerprint density at radius 1 is 1.33 bits per heavy atom. The van der Waals surface area contributed by atoms with Crippen LogP contribution in [0.4, 0.5) is 5.82 Å². The van der Waals surface area contributed by atoms with E-state index < -0.39 is 7.14 Å². The SMILES string of the molecule is CC1(C)C2CCC1(CNc1cc(P(C)(C)=O)ccn1)CC2. The number of nitrogens with one attached hydrogen (secondary N) is 1. The predicted molar refractivity (Wildman–Crippen MR) is 90.0 cm³/mol. The van der Waals surface area contributed by atoms with Crippen molar-refractivity contribution in [1.29, 1.82) is 0 Å². The Morgan fingerprint density at radius 3 is 2.52 bits per heavy atom. The predicted octanol–water partition coefficient (Wildman–Crippen LogP) is 3.96. The Hall–Kier alpha value is -0.820. The first kappa shape index (κ1) is 15.1. The molecule has 1 N–H and O–H groups in total. The minimum absolute atomic E-state index is 0.414. The topological polar surface area (TPSA) is 42.0 Å². The van der Waals surface area contributed by atoms with E-state index >= 15 is 0 Å². The second-order valence-electron chi connectivity index (χ2n) is 7.88. The zero-order chi connectivity index (χ0) is 15.3. The highest BCUT2D eigenvalue weighted by atomic mass is 31.2. The number of pyridine rings is 1. The van der Waals surface area contributed by atoms with Crippen molar-refractivity contribution < 1.29 is 4.57 Å². The fraction of sp³-hybridized carbons (Fsp3) is 0.706. The van der Waals surface area contributed by atoms with Crippen molar-refractivity contribution in [2.75, 3.05) is 25.2 Å². The van der Waals surface area contributed by atoms with Gasteiger partial charge in [0.25, 0.3) is 0 Å². The quantitative estimate of drug-likeness (QED) is 0.856. The zero-order valence-corrected chi connectivity index (χ0v) is 14.5. The van der Waals surface area contributed by atoms with Crippen LogP contribution in [0.15, 0.2) is 18.3 Å². The van der Waals surface area contributed by atoms with Gasteiger partial charge in [0.15, 0.2) is 0 Å². The first-order chi connectivity index (χ1) is 9.75. The molecule has 3 nitrogen and oxygen atoms in total. The maximum absolute atomic E-state index is 12.2. The molecule has 0 unspecified atom stereocenters. The Balaban J connectivity index is 1.76. The molecule has 0 aliphatic heterocycles. The molecule has 4 heteroatoms. The van der Waals surface area contributed by atoms with E-state index in [9.17, 15) is 4.57 Å².